The first-order valence-corrected chi connectivity index (χ1v) is 9.32. The summed E-state index contributed by atoms with van der Waals surface area (Å²) in [5, 5.41) is 26.9. The van der Waals surface area contributed by atoms with Crippen molar-refractivity contribution in [2.24, 2.45) is 0 Å². The number of aryl methyl sites for hydroxylation is 1. The largest absolute Gasteiger partial charge is 0.506 e. The number of nitrogens with one attached hydrogen (secondary N) is 1. The lowest BCUT2D eigenvalue weighted by Gasteiger charge is -2.18. The summed E-state index contributed by atoms with van der Waals surface area (Å²) in [7, 11) is 1.95. The number of aromatic nitrogens is 4. The number of nitrogens with zero attached hydrogens (tertiary/aromatic N) is 4. The zero-order valence-electron chi connectivity index (χ0n) is 17.1. The lowest BCUT2D eigenvalue weighted by atomic mass is 10.1. The predicted octanol–water partition coefficient (Wildman–Crippen LogP) is 3.44. The summed E-state index contributed by atoms with van der Waals surface area (Å²) in [4.78, 5) is 18.9. The molecular formula is C21H25N5O3. The van der Waals surface area contributed by atoms with Crippen molar-refractivity contribution in [3.05, 3.63) is 58.3 Å². The third kappa shape index (κ3) is 3.73. The molecule has 8 nitrogen and oxygen atoms in total. The minimum absolute atomic E-state index is 0.0721. The van der Waals surface area contributed by atoms with Crippen molar-refractivity contribution in [1.82, 2.24) is 19.7 Å². The fourth-order valence-corrected chi connectivity index (χ4v) is 3.27. The molecule has 3 rings (SSSR count). The highest BCUT2D eigenvalue weighted by molar-refractivity contribution is 5.65. The van der Waals surface area contributed by atoms with E-state index in [0.717, 1.165) is 11.3 Å². The number of aromatic amines is 1. The van der Waals surface area contributed by atoms with Crippen LogP contribution in [0.5, 0.6) is 11.5 Å². The standard InChI is InChI=1S/C21H25N5O3/c1-6-9-25(5)15-8-7-14(10-13(15)4)26-20(23-24-21(26)29)19-17(28)11-16(27)18(22-19)12(2)3/h6-12,27-28H,1-5H3,(H,24,29)/b9-6-. The first-order valence-electron chi connectivity index (χ1n) is 9.32. The van der Waals surface area contributed by atoms with Gasteiger partial charge in [0.15, 0.2) is 11.5 Å². The predicted molar refractivity (Wildman–Crippen MR) is 113 cm³/mol. The van der Waals surface area contributed by atoms with Gasteiger partial charge in [-0.15, -0.1) is 0 Å². The van der Waals surface area contributed by atoms with Crippen molar-refractivity contribution in [2.75, 3.05) is 11.9 Å². The van der Waals surface area contributed by atoms with Crippen LogP contribution >= 0.6 is 0 Å². The van der Waals surface area contributed by atoms with Crippen LogP contribution in [0.4, 0.5) is 5.69 Å². The van der Waals surface area contributed by atoms with E-state index >= 15 is 0 Å². The fourth-order valence-electron chi connectivity index (χ4n) is 3.27. The Hall–Kier alpha value is -3.55. The minimum atomic E-state index is -0.450. The number of anilines is 1. The number of rotatable bonds is 5. The van der Waals surface area contributed by atoms with Crippen LogP contribution in [0.25, 0.3) is 17.2 Å². The van der Waals surface area contributed by atoms with Gasteiger partial charge >= 0.3 is 5.69 Å². The van der Waals surface area contributed by atoms with E-state index in [9.17, 15) is 15.0 Å². The number of benzene rings is 1. The van der Waals surface area contributed by atoms with Gasteiger partial charge in [0, 0.05) is 18.8 Å². The Morgan fingerprint density at radius 1 is 1.21 bits per heavy atom. The molecule has 0 aliphatic carbocycles. The topological polar surface area (TPSA) is 107 Å². The summed E-state index contributed by atoms with van der Waals surface area (Å²) in [6.45, 7) is 7.66. The second-order valence-electron chi connectivity index (χ2n) is 7.17. The molecule has 1 aromatic carbocycles. The highest BCUT2D eigenvalue weighted by atomic mass is 16.3. The second kappa shape index (κ2) is 7.83. The van der Waals surface area contributed by atoms with Gasteiger partial charge in [-0.1, -0.05) is 19.9 Å². The highest BCUT2D eigenvalue weighted by Crippen LogP contribution is 2.34. The van der Waals surface area contributed by atoms with E-state index in [0.29, 0.717) is 11.4 Å². The minimum Gasteiger partial charge on any atom is -0.506 e. The molecule has 0 atom stereocenters. The summed E-state index contributed by atoms with van der Waals surface area (Å²) in [5.41, 5.74) is 2.64. The van der Waals surface area contributed by atoms with Crippen molar-refractivity contribution in [1.29, 1.82) is 0 Å². The van der Waals surface area contributed by atoms with E-state index in [2.05, 4.69) is 15.2 Å². The van der Waals surface area contributed by atoms with Gasteiger partial charge in [-0.3, -0.25) is 0 Å². The molecule has 0 amide bonds. The molecule has 152 valence electrons. The highest BCUT2D eigenvalue weighted by Gasteiger charge is 2.21. The quantitative estimate of drug-likeness (QED) is 0.611. The molecule has 3 aromatic rings. The van der Waals surface area contributed by atoms with Gasteiger partial charge in [0.25, 0.3) is 0 Å². The number of hydrogen-bond acceptors (Lipinski definition) is 6. The van der Waals surface area contributed by atoms with E-state index in [1.165, 1.54) is 10.6 Å². The van der Waals surface area contributed by atoms with Gasteiger partial charge in [-0.25, -0.2) is 19.4 Å². The van der Waals surface area contributed by atoms with Crippen LogP contribution in [0.15, 0.2) is 41.3 Å². The van der Waals surface area contributed by atoms with Crippen molar-refractivity contribution in [3.63, 3.8) is 0 Å². The average Bonchev–Trinajstić information content (AvgIpc) is 3.02. The molecule has 2 aromatic heterocycles. The van der Waals surface area contributed by atoms with Crippen LogP contribution in [0.2, 0.25) is 0 Å². The lowest BCUT2D eigenvalue weighted by Crippen LogP contribution is -2.17. The van der Waals surface area contributed by atoms with Crippen LogP contribution < -0.4 is 10.6 Å². The van der Waals surface area contributed by atoms with Crippen molar-refractivity contribution >= 4 is 5.69 Å². The average molecular weight is 395 g/mol. The number of hydrogen-bond donors (Lipinski definition) is 3. The molecular weight excluding hydrogens is 370 g/mol. The van der Waals surface area contributed by atoms with Crippen molar-refractivity contribution < 1.29 is 10.2 Å². The molecule has 0 spiro atoms. The van der Waals surface area contributed by atoms with Gasteiger partial charge in [-0.2, -0.15) is 5.10 Å². The second-order valence-corrected chi connectivity index (χ2v) is 7.17. The molecule has 8 heteroatoms. The maximum absolute atomic E-state index is 12.5. The van der Waals surface area contributed by atoms with Gasteiger partial charge in [0.1, 0.15) is 11.5 Å². The SMILES string of the molecule is C/C=C\N(C)c1ccc(-n2c(-c3nc(C(C)C)c(O)cc3O)n[nH]c2=O)cc1C. The van der Waals surface area contributed by atoms with Crippen LogP contribution in [0, 0.1) is 6.92 Å². The Labute approximate surface area is 168 Å². The Morgan fingerprint density at radius 2 is 1.93 bits per heavy atom. The zero-order chi connectivity index (χ0) is 21.3. The molecule has 0 unspecified atom stereocenters. The number of aromatic hydroxyl groups is 2. The van der Waals surface area contributed by atoms with Gasteiger partial charge in [0.05, 0.1) is 11.4 Å². The van der Waals surface area contributed by atoms with Gasteiger partial charge in [-0.05, 0) is 49.7 Å². The van der Waals surface area contributed by atoms with E-state index in [1.54, 1.807) is 0 Å². The van der Waals surface area contributed by atoms with Crippen LogP contribution in [0.3, 0.4) is 0 Å². The fraction of sp³-hybridized carbons (Fsp3) is 0.286. The van der Waals surface area contributed by atoms with Gasteiger partial charge in [0.2, 0.25) is 0 Å². The Bertz CT molecular complexity index is 1130. The van der Waals surface area contributed by atoms with E-state index in [4.69, 9.17) is 0 Å². The number of pyridine rings is 1. The first-order chi connectivity index (χ1) is 13.7. The molecule has 3 N–H and O–H groups in total. The maximum Gasteiger partial charge on any atom is 0.348 e. The number of H-pyrrole nitrogens is 1. The third-order valence-electron chi connectivity index (χ3n) is 4.63. The van der Waals surface area contributed by atoms with E-state index < -0.39 is 5.69 Å². The van der Waals surface area contributed by atoms with Crippen molar-refractivity contribution in [3.8, 4) is 28.7 Å². The summed E-state index contributed by atoms with van der Waals surface area (Å²) >= 11 is 0. The molecule has 0 fully saturated rings. The zero-order valence-corrected chi connectivity index (χ0v) is 17.1. The molecule has 0 radical (unpaired) electrons. The third-order valence-corrected chi connectivity index (χ3v) is 4.63. The Balaban J connectivity index is 2.17. The molecule has 0 aliphatic rings. The summed E-state index contributed by atoms with van der Waals surface area (Å²) < 4.78 is 1.36. The molecule has 0 aliphatic heterocycles. The van der Waals surface area contributed by atoms with Crippen LogP contribution in [-0.4, -0.2) is 37.0 Å². The molecule has 0 saturated heterocycles. The van der Waals surface area contributed by atoms with E-state index in [1.807, 2.05) is 70.1 Å². The lowest BCUT2D eigenvalue weighted by molar-refractivity contribution is 0.438. The van der Waals surface area contributed by atoms with Crippen LogP contribution in [-0.2, 0) is 0 Å². The van der Waals surface area contributed by atoms with Gasteiger partial charge < -0.3 is 15.1 Å². The monoisotopic (exact) mass is 395 g/mol. The Kier molecular flexibility index (Phi) is 5.45. The summed E-state index contributed by atoms with van der Waals surface area (Å²) in [6.07, 6.45) is 3.89. The van der Waals surface area contributed by atoms with Crippen LogP contribution in [0.1, 0.15) is 37.9 Å². The molecule has 2 heterocycles. The summed E-state index contributed by atoms with van der Waals surface area (Å²) in [5.74, 6) is -0.258. The number of allylic oxidation sites excluding steroid dienone is 1. The van der Waals surface area contributed by atoms with E-state index in [-0.39, 0.29) is 28.9 Å². The Morgan fingerprint density at radius 3 is 2.55 bits per heavy atom. The molecule has 0 bridgehead atoms. The smallest absolute Gasteiger partial charge is 0.348 e. The molecule has 0 saturated carbocycles. The normalized spacial score (nSPS) is 11.5. The maximum atomic E-state index is 12.5. The first kappa shape index (κ1) is 20.2. The van der Waals surface area contributed by atoms with Crippen molar-refractivity contribution in [2.45, 2.75) is 33.6 Å². The summed E-state index contributed by atoms with van der Waals surface area (Å²) in [6, 6.07) is 6.82. The molecule has 29 heavy (non-hydrogen) atoms.